The number of carbonyl (C=O) groups excluding carboxylic acids is 3. The van der Waals surface area contributed by atoms with Crippen molar-refractivity contribution >= 4 is 38.6 Å². The summed E-state index contributed by atoms with van der Waals surface area (Å²) in [6, 6.07) is 13.6. The van der Waals surface area contributed by atoms with Gasteiger partial charge in [-0.2, -0.15) is 13.2 Å². The monoisotopic (exact) mass is 556 g/mol. The first-order valence-corrected chi connectivity index (χ1v) is 12.2. The van der Waals surface area contributed by atoms with Crippen molar-refractivity contribution < 1.29 is 45.9 Å². The normalized spacial score (nSPS) is 15.7. The smallest absolute Gasteiger partial charge is 0.475 e. The molecule has 11 nitrogen and oxygen atoms in total. The Balaban J connectivity index is 0.000000638. The van der Waals surface area contributed by atoms with Gasteiger partial charge in [0.05, 0.1) is 6.04 Å². The topological polar surface area (TPSA) is 199 Å². The third kappa shape index (κ3) is 8.70. The van der Waals surface area contributed by atoms with Crippen molar-refractivity contribution in [3.05, 3.63) is 77.4 Å². The Morgan fingerprint density at radius 2 is 1.50 bits per heavy atom. The number of hydrogen-bond donors (Lipinski definition) is 5. The molecule has 7 N–H and O–H groups in total. The second kappa shape index (κ2) is 12.3. The molecular formula is C23H23F3N4O7S. The van der Waals surface area contributed by atoms with Gasteiger partial charge in [-0.15, -0.1) is 0 Å². The van der Waals surface area contributed by atoms with Crippen molar-refractivity contribution in [3.8, 4) is 0 Å². The first-order chi connectivity index (χ1) is 17.6. The highest BCUT2D eigenvalue weighted by molar-refractivity contribution is 7.99. The van der Waals surface area contributed by atoms with Crippen LogP contribution in [-0.4, -0.2) is 55.5 Å². The molecule has 1 aliphatic rings. The van der Waals surface area contributed by atoms with Gasteiger partial charge in [0.1, 0.15) is 10.9 Å². The van der Waals surface area contributed by atoms with E-state index in [4.69, 9.17) is 21.4 Å². The van der Waals surface area contributed by atoms with Crippen LogP contribution in [0.3, 0.4) is 0 Å². The summed E-state index contributed by atoms with van der Waals surface area (Å²) in [5.41, 5.74) is 13.2. The van der Waals surface area contributed by atoms with Crippen LogP contribution in [0.25, 0.3) is 4.91 Å². The molecule has 0 spiro atoms. The van der Waals surface area contributed by atoms with E-state index in [2.05, 4.69) is 5.32 Å². The predicted molar refractivity (Wildman–Crippen MR) is 128 cm³/mol. The van der Waals surface area contributed by atoms with Gasteiger partial charge >= 0.3 is 12.1 Å². The van der Waals surface area contributed by atoms with E-state index in [9.17, 15) is 36.0 Å². The van der Waals surface area contributed by atoms with E-state index < -0.39 is 52.0 Å². The zero-order valence-corrected chi connectivity index (χ0v) is 20.3. The number of carbonyl (C=O) groups is 4. The Hall–Kier alpha value is -4.24. The predicted octanol–water partition coefficient (Wildman–Crippen LogP) is 0.203. The van der Waals surface area contributed by atoms with Crippen LogP contribution in [0.2, 0.25) is 0 Å². The van der Waals surface area contributed by atoms with Crippen molar-refractivity contribution in [2.75, 3.05) is 0 Å². The van der Waals surface area contributed by atoms with Crippen molar-refractivity contribution in [2.24, 2.45) is 11.5 Å². The highest BCUT2D eigenvalue weighted by atomic mass is 32.2. The first-order valence-electron chi connectivity index (χ1n) is 10.7. The molecule has 0 bridgehead atoms. The average molecular weight is 557 g/mol. The van der Waals surface area contributed by atoms with Crippen LogP contribution < -0.4 is 21.5 Å². The number of aliphatic carboxylic acids is 1. The van der Waals surface area contributed by atoms with E-state index in [1.807, 2.05) is 35.1 Å². The molecule has 0 saturated heterocycles. The maximum atomic E-state index is 12.4. The minimum absolute atomic E-state index is 0.0996. The van der Waals surface area contributed by atoms with Crippen LogP contribution in [-0.2, 0) is 42.0 Å². The summed E-state index contributed by atoms with van der Waals surface area (Å²) in [7, 11) is -3.87. The Morgan fingerprint density at radius 1 is 0.974 bits per heavy atom. The number of hydrogen-bond acceptors (Lipinski definition) is 7. The van der Waals surface area contributed by atoms with Gasteiger partial charge in [0.15, 0.2) is 0 Å². The summed E-state index contributed by atoms with van der Waals surface area (Å²) in [6.45, 7) is 0. The van der Waals surface area contributed by atoms with E-state index in [1.165, 1.54) is 12.1 Å². The van der Waals surface area contributed by atoms with Crippen LogP contribution in [0.15, 0.2) is 60.7 Å². The quantitative estimate of drug-likeness (QED) is 0.304. The Labute approximate surface area is 214 Å². The summed E-state index contributed by atoms with van der Waals surface area (Å²) >= 11 is 0. The second-order valence-electron chi connectivity index (χ2n) is 7.94. The molecule has 0 fully saturated rings. The third-order valence-electron chi connectivity index (χ3n) is 5.00. The van der Waals surface area contributed by atoms with Gasteiger partial charge in [0.2, 0.25) is 11.8 Å². The van der Waals surface area contributed by atoms with Crippen molar-refractivity contribution in [1.82, 2.24) is 10.0 Å². The van der Waals surface area contributed by atoms with E-state index in [0.29, 0.717) is 17.5 Å². The molecule has 1 heterocycles. The van der Waals surface area contributed by atoms with Crippen LogP contribution in [0.4, 0.5) is 13.2 Å². The second-order valence-corrected chi connectivity index (χ2v) is 9.59. The summed E-state index contributed by atoms with van der Waals surface area (Å²) < 4.78 is 57.4. The van der Waals surface area contributed by atoms with Crippen molar-refractivity contribution in [2.45, 2.75) is 31.1 Å². The lowest BCUT2D eigenvalue weighted by Gasteiger charge is -2.19. The molecule has 0 aliphatic carbocycles. The van der Waals surface area contributed by atoms with Crippen molar-refractivity contribution in [3.63, 3.8) is 0 Å². The van der Waals surface area contributed by atoms with Gasteiger partial charge in [0, 0.05) is 12.5 Å². The number of nitrogens with one attached hydrogen (secondary N) is 2. The fourth-order valence-corrected chi connectivity index (χ4v) is 4.30. The Bertz CT molecular complexity index is 1330. The van der Waals surface area contributed by atoms with E-state index in [0.717, 1.165) is 11.6 Å². The zero-order chi connectivity index (χ0) is 28.7. The Morgan fingerprint density at radius 3 is 1.95 bits per heavy atom. The van der Waals surface area contributed by atoms with Gasteiger partial charge < -0.3 is 21.9 Å². The number of nitrogens with two attached hydrogens (primary N) is 2. The van der Waals surface area contributed by atoms with Gasteiger partial charge in [0.25, 0.3) is 15.9 Å². The molecule has 0 radical (unpaired) electrons. The van der Waals surface area contributed by atoms with Crippen LogP contribution in [0.5, 0.6) is 0 Å². The minimum Gasteiger partial charge on any atom is -0.475 e. The number of halogens is 3. The molecule has 3 amide bonds. The van der Waals surface area contributed by atoms with Crippen LogP contribution in [0, 0.1) is 0 Å². The molecule has 0 aromatic heterocycles. The molecule has 1 aliphatic heterocycles. The molecule has 3 rings (SSSR count). The summed E-state index contributed by atoms with van der Waals surface area (Å²) in [5, 5.41) is 9.70. The number of amides is 3. The number of benzene rings is 2. The van der Waals surface area contributed by atoms with Gasteiger partial charge in [-0.25, -0.2) is 17.9 Å². The number of carboxylic acids is 1. The molecule has 2 aromatic rings. The minimum atomic E-state index is -5.08. The maximum absolute atomic E-state index is 12.4. The molecule has 38 heavy (non-hydrogen) atoms. The van der Waals surface area contributed by atoms with Gasteiger partial charge in [-0.3, -0.25) is 14.4 Å². The number of rotatable bonds is 8. The van der Waals surface area contributed by atoms with Crippen LogP contribution >= 0.6 is 0 Å². The fraction of sp³-hybridized carbons (Fsp3) is 0.217. The third-order valence-corrected chi connectivity index (χ3v) is 6.41. The zero-order valence-electron chi connectivity index (χ0n) is 19.4. The first kappa shape index (κ1) is 30.0. The number of sulfonamides is 1. The SMILES string of the molecule is NC(=O)[C@H](Cc1ccc(C2=CC(=O)NS2(=O)=O)cc1)NC(=O)[C@@H](N)Cc1ccccc1.O=C(O)C(F)(F)F. The summed E-state index contributed by atoms with van der Waals surface area (Å²) in [5.74, 6) is -4.69. The molecular weight excluding hydrogens is 533 g/mol. The molecule has 0 saturated carbocycles. The van der Waals surface area contributed by atoms with Gasteiger partial charge in [-0.05, 0) is 23.1 Å². The van der Waals surface area contributed by atoms with Crippen molar-refractivity contribution in [1.29, 1.82) is 0 Å². The van der Waals surface area contributed by atoms with Crippen LogP contribution in [0.1, 0.15) is 16.7 Å². The molecule has 2 atom stereocenters. The molecule has 15 heteroatoms. The van der Waals surface area contributed by atoms with E-state index in [1.54, 1.807) is 12.1 Å². The van der Waals surface area contributed by atoms with Gasteiger partial charge in [-0.1, -0.05) is 54.6 Å². The molecule has 0 unspecified atom stereocenters. The lowest BCUT2D eigenvalue weighted by atomic mass is 10.0. The number of primary amides is 1. The fourth-order valence-electron chi connectivity index (χ4n) is 3.16. The van der Waals surface area contributed by atoms with E-state index in [-0.39, 0.29) is 11.3 Å². The highest BCUT2D eigenvalue weighted by Gasteiger charge is 2.38. The average Bonchev–Trinajstić information content (AvgIpc) is 3.11. The maximum Gasteiger partial charge on any atom is 0.490 e. The lowest BCUT2D eigenvalue weighted by Crippen LogP contribution is -2.51. The number of alkyl halides is 3. The highest BCUT2D eigenvalue weighted by Crippen LogP contribution is 2.24. The summed E-state index contributed by atoms with van der Waals surface area (Å²) in [4.78, 5) is 44.4. The standard InChI is InChI=1S/C21H22N4O5S.C2HF3O2/c22-16(10-13-4-2-1-3-5-13)21(28)24-17(20(23)27)11-14-6-8-15(9-7-14)18-12-19(26)25-31(18,29)30;3-2(4,5)1(6)7/h1-9,12,16-17H,10-11,22H2,(H2,23,27)(H,24,28)(H,25,26);(H,6,7)/t16-,17-;/m0./s1. The number of carboxylic acid groups (broad SMARTS) is 1. The molecule has 2 aromatic carbocycles. The Kier molecular flexibility index (Phi) is 9.73. The van der Waals surface area contributed by atoms with E-state index >= 15 is 0 Å². The lowest BCUT2D eigenvalue weighted by molar-refractivity contribution is -0.192. The largest absolute Gasteiger partial charge is 0.490 e. The molecule has 204 valence electrons. The summed E-state index contributed by atoms with van der Waals surface area (Å²) in [6.07, 6.45) is -3.67.